The Morgan fingerprint density at radius 1 is 0.939 bits per heavy atom. The Balaban J connectivity index is 2.29. The molecule has 1 saturated heterocycles. The van der Waals surface area contributed by atoms with Crippen LogP contribution >= 0.6 is 0 Å². The largest absolute Gasteiger partial charge is 0.411 e. The Hall–Kier alpha value is -1.20. The molecular weight excluding hydrogens is 450 g/mol. The molecule has 0 saturated carbocycles. The van der Waals surface area contributed by atoms with Gasteiger partial charge in [-0.15, -0.1) is 0 Å². The maximum Gasteiger partial charge on any atom is 0.195 e. The highest BCUT2D eigenvalue weighted by molar-refractivity contribution is 6.74. The van der Waals surface area contributed by atoms with Crippen molar-refractivity contribution in [2.45, 2.75) is 109 Å². The highest BCUT2D eigenvalue weighted by atomic mass is 28.4. The average molecular weight is 494 g/mol. The minimum Gasteiger partial charge on any atom is -0.411 e. The van der Waals surface area contributed by atoms with Crippen molar-refractivity contribution in [1.82, 2.24) is 0 Å². The molecule has 0 N–H and O–H groups in total. The molecule has 4 atom stereocenters. The molecule has 2 rings (SSSR count). The van der Waals surface area contributed by atoms with E-state index in [0.29, 0.717) is 13.2 Å². The van der Waals surface area contributed by atoms with E-state index in [-0.39, 0.29) is 16.2 Å². The minimum absolute atomic E-state index is 0.00171. The first kappa shape index (κ1) is 28.0. The van der Waals surface area contributed by atoms with Gasteiger partial charge in [-0.1, -0.05) is 77.0 Å². The number of azide groups is 1. The quantitative estimate of drug-likeness (QED) is 0.160. The molecule has 1 aromatic carbocycles. The van der Waals surface area contributed by atoms with E-state index in [4.69, 9.17) is 18.3 Å². The summed E-state index contributed by atoms with van der Waals surface area (Å²) in [4.78, 5) is 3.14. The van der Waals surface area contributed by atoms with E-state index in [1.165, 1.54) is 0 Å². The van der Waals surface area contributed by atoms with Gasteiger partial charge >= 0.3 is 0 Å². The van der Waals surface area contributed by atoms with Crippen LogP contribution in [0.15, 0.2) is 35.4 Å². The van der Waals surface area contributed by atoms with Crippen LogP contribution in [-0.4, -0.2) is 47.8 Å². The van der Waals surface area contributed by atoms with Crippen LogP contribution in [0.4, 0.5) is 0 Å². The third-order valence-corrected chi connectivity index (χ3v) is 16.2. The summed E-state index contributed by atoms with van der Waals surface area (Å²) in [6, 6.07) is 9.48. The normalized spacial score (nSPS) is 24.5. The fourth-order valence-electron chi connectivity index (χ4n) is 3.11. The van der Waals surface area contributed by atoms with Crippen molar-refractivity contribution in [2.24, 2.45) is 5.11 Å². The van der Waals surface area contributed by atoms with E-state index >= 15 is 0 Å². The summed E-state index contributed by atoms with van der Waals surface area (Å²) in [5, 5.41) is 4.13. The van der Waals surface area contributed by atoms with E-state index in [1.54, 1.807) is 0 Å². The van der Waals surface area contributed by atoms with Crippen LogP contribution in [0.5, 0.6) is 0 Å². The molecule has 0 bridgehead atoms. The number of hydrogen-bond acceptors (Lipinski definition) is 5. The molecule has 0 aliphatic carbocycles. The van der Waals surface area contributed by atoms with Gasteiger partial charge in [-0.2, -0.15) is 0 Å². The van der Waals surface area contributed by atoms with E-state index < -0.39 is 35.1 Å². The highest BCUT2D eigenvalue weighted by Gasteiger charge is 2.52. The maximum absolute atomic E-state index is 9.37. The molecule has 0 aromatic heterocycles. The standard InChI is InChI=1S/C24H43N3O4Si2/c1-23(2,3)32(7,8)30-21-19(17-28-16-18-14-12-11-13-15-18)29-22(20(21)26-27-25)31-33(9,10)24(4,5)6/h11-15,19-22H,16-17H2,1-10H3/t19-,20+,21?,22+/m1/s1. The molecule has 186 valence electrons. The number of ether oxygens (including phenoxy) is 2. The Morgan fingerprint density at radius 3 is 2.00 bits per heavy atom. The van der Waals surface area contributed by atoms with Gasteiger partial charge in [0, 0.05) is 4.91 Å². The van der Waals surface area contributed by atoms with Crippen molar-refractivity contribution < 1.29 is 18.3 Å². The third kappa shape index (κ3) is 7.15. The zero-order chi connectivity index (χ0) is 25.1. The molecule has 1 aliphatic rings. The van der Waals surface area contributed by atoms with Gasteiger partial charge in [-0.3, -0.25) is 0 Å². The topological polar surface area (TPSA) is 85.7 Å². The molecule has 1 aromatic rings. The van der Waals surface area contributed by atoms with Crippen molar-refractivity contribution in [3.63, 3.8) is 0 Å². The zero-order valence-electron chi connectivity index (χ0n) is 22.1. The van der Waals surface area contributed by atoms with Gasteiger partial charge < -0.3 is 18.3 Å². The Morgan fingerprint density at radius 2 is 1.48 bits per heavy atom. The molecule has 1 fully saturated rings. The first-order valence-electron chi connectivity index (χ1n) is 11.8. The predicted octanol–water partition coefficient (Wildman–Crippen LogP) is 7.02. The van der Waals surface area contributed by atoms with Crippen LogP contribution in [0.2, 0.25) is 36.3 Å². The molecule has 9 heteroatoms. The average Bonchev–Trinajstić information content (AvgIpc) is 2.97. The molecule has 1 aliphatic heterocycles. The summed E-state index contributed by atoms with van der Waals surface area (Å²) in [6.45, 7) is 22.7. The molecule has 1 heterocycles. The van der Waals surface area contributed by atoms with Crippen molar-refractivity contribution in [3.05, 3.63) is 46.3 Å². The van der Waals surface area contributed by atoms with Crippen molar-refractivity contribution >= 4 is 16.6 Å². The monoisotopic (exact) mass is 493 g/mol. The van der Waals surface area contributed by atoms with Gasteiger partial charge in [0.05, 0.1) is 19.3 Å². The Bertz CT molecular complexity index is 815. The zero-order valence-corrected chi connectivity index (χ0v) is 24.1. The Kier molecular flexibility index (Phi) is 9.01. The summed E-state index contributed by atoms with van der Waals surface area (Å²) in [5.74, 6) is 0. The fourth-order valence-corrected chi connectivity index (χ4v) is 5.57. The maximum atomic E-state index is 9.37. The first-order chi connectivity index (χ1) is 15.1. The van der Waals surface area contributed by atoms with Gasteiger partial charge in [-0.25, -0.2) is 0 Å². The first-order valence-corrected chi connectivity index (χ1v) is 17.6. The van der Waals surface area contributed by atoms with Gasteiger partial charge in [0.2, 0.25) is 0 Å². The third-order valence-electron chi connectivity index (χ3n) is 7.32. The van der Waals surface area contributed by atoms with Crippen LogP contribution in [-0.2, 0) is 24.9 Å². The summed E-state index contributed by atoms with van der Waals surface area (Å²) in [6.07, 6.45) is -1.46. The number of nitrogens with zero attached hydrogens (tertiary/aromatic N) is 3. The highest BCUT2D eigenvalue weighted by Crippen LogP contribution is 2.43. The van der Waals surface area contributed by atoms with Gasteiger partial charge in [0.15, 0.2) is 22.9 Å². The molecule has 7 nitrogen and oxygen atoms in total. The van der Waals surface area contributed by atoms with E-state index in [1.807, 2.05) is 30.3 Å². The second-order valence-electron chi connectivity index (χ2n) is 12.0. The Labute approximate surface area is 202 Å². The van der Waals surface area contributed by atoms with Crippen molar-refractivity contribution in [1.29, 1.82) is 0 Å². The molecule has 0 radical (unpaired) electrons. The minimum atomic E-state index is -2.17. The summed E-state index contributed by atoms with van der Waals surface area (Å²) < 4.78 is 25.8. The van der Waals surface area contributed by atoms with Gasteiger partial charge in [0.1, 0.15) is 12.1 Å². The lowest BCUT2D eigenvalue weighted by Crippen LogP contribution is -2.51. The fraction of sp³-hybridized carbons (Fsp3) is 0.750. The van der Waals surface area contributed by atoms with Crippen LogP contribution in [0.25, 0.3) is 10.4 Å². The second kappa shape index (κ2) is 10.6. The number of benzene rings is 1. The van der Waals surface area contributed by atoms with Crippen LogP contribution in [0, 0.1) is 0 Å². The molecule has 0 spiro atoms. The number of rotatable bonds is 9. The van der Waals surface area contributed by atoms with Crippen LogP contribution < -0.4 is 0 Å². The smallest absolute Gasteiger partial charge is 0.195 e. The van der Waals surface area contributed by atoms with Crippen LogP contribution in [0.3, 0.4) is 0 Å². The molecular formula is C24H43N3O4Si2. The van der Waals surface area contributed by atoms with E-state index in [9.17, 15) is 5.53 Å². The lowest BCUT2D eigenvalue weighted by molar-refractivity contribution is -0.111. The molecule has 0 amide bonds. The molecule has 33 heavy (non-hydrogen) atoms. The lowest BCUT2D eigenvalue weighted by Gasteiger charge is -2.41. The van der Waals surface area contributed by atoms with E-state index in [2.05, 4.69) is 77.8 Å². The SMILES string of the molecule is CC(C)(C)[Si](C)(C)OC1[C@@H](COCc2ccccc2)O[C@@H](O[Si](C)(C)C(C)(C)C)[C@H]1N=[N+]=[N-]. The van der Waals surface area contributed by atoms with Gasteiger partial charge in [0.25, 0.3) is 0 Å². The second-order valence-corrected chi connectivity index (χ2v) is 21.5. The lowest BCUT2D eigenvalue weighted by atomic mass is 10.1. The summed E-state index contributed by atoms with van der Waals surface area (Å²) in [7, 11) is -4.35. The summed E-state index contributed by atoms with van der Waals surface area (Å²) >= 11 is 0. The summed E-state index contributed by atoms with van der Waals surface area (Å²) in [5.41, 5.74) is 10.5. The van der Waals surface area contributed by atoms with Crippen LogP contribution in [0.1, 0.15) is 47.1 Å². The van der Waals surface area contributed by atoms with Crippen molar-refractivity contribution in [3.8, 4) is 0 Å². The predicted molar refractivity (Wildman–Crippen MR) is 138 cm³/mol. The van der Waals surface area contributed by atoms with Crippen molar-refractivity contribution in [2.75, 3.05) is 6.61 Å². The van der Waals surface area contributed by atoms with E-state index in [0.717, 1.165) is 5.56 Å². The molecule has 1 unspecified atom stereocenters. The number of hydrogen-bond donors (Lipinski definition) is 0. The van der Waals surface area contributed by atoms with Gasteiger partial charge in [-0.05, 0) is 47.4 Å².